The van der Waals surface area contributed by atoms with Crippen molar-refractivity contribution in [1.29, 1.82) is 0 Å². The summed E-state index contributed by atoms with van der Waals surface area (Å²) in [5.74, 6) is -0.169. The van der Waals surface area contributed by atoms with Crippen LogP contribution in [0.5, 0.6) is 0 Å². The normalized spacial score (nSPS) is 10.3. The van der Waals surface area contributed by atoms with Gasteiger partial charge in [0, 0.05) is 11.2 Å². The van der Waals surface area contributed by atoms with Gasteiger partial charge in [0.25, 0.3) is 0 Å². The second-order valence-electron chi connectivity index (χ2n) is 3.37. The van der Waals surface area contributed by atoms with Crippen molar-refractivity contribution in [3.63, 3.8) is 0 Å². The number of amides is 1. The lowest BCUT2D eigenvalue weighted by Gasteiger charge is -1.97. The summed E-state index contributed by atoms with van der Waals surface area (Å²) in [6.45, 7) is 1.48. The molecule has 1 N–H and O–H groups in total. The first kappa shape index (κ1) is 11.7. The van der Waals surface area contributed by atoms with Crippen LogP contribution in [0.25, 0.3) is 0 Å². The van der Waals surface area contributed by atoms with Crippen molar-refractivity contribution in [1.82, 2.24) is 19.9 Å². The number of carbonyl (C=O) groups is 1. The van der Waals surface area contributed by atoms with E-state index in [4.69, 9.17) is 4.52 Å². The van der Waals surface area contributed by atoms with Gasteiger partial charge in [0.05, 0.1) is 0 Å². The zero-order valence-electron chi connectivity index (χ0n) is 9.23. The summed E-state index contributed by atoms with van der Waals surface area (Å²) in [5.41, 5.74) is 0. The summed E-state index contributed by atoms with van der Waals surface area (Å²) in [6.07, 6.45) is 1.10. The number of hydrogen-bond acceptors (Lipinski definition) is 7. The molecule has 0 unspecified atom stereocenters. The smallest absolute Gasteiger partial charge is 0.390 e. The molecule has 2 rings (SSSR count). The van der Waals surface area contributed by atoms with Crippen LogP contribution in [-0.2, 0) is 11.3 Å². The van der Waals surface area contributed by atoms with Crippen molar-refractivity contribution in [2.75, 3.05) is 5.32 Å². The average Bonchev–Trinajstić information content (AvgIpc) is 2.88. The van der Waals surface area contributed by atoms with Crippen LogP contribution < -0.4 is 5.32 Å². The SMILES string of the molecule is Cc1cc(NC(=O)Cn2cnc([N+](=O)[O-])n2)no1. The van der Waals surface area contributed by atoms with E-state index >= 15 is 0 Å². The Kier molecular flexibility index (Phi) is 3.00. The van der Waals surface area contributed by atoms with Gasteiger partial charge in [-0.2, -0.15) is 4.68 Å². The quantitative estimate of drug-likeness (QED) is 0.604. The summed E-state index contributed by atoms with van der Waals surface area (Å²) in [4.78, 5) is 24.5. The molecular weight excluding hydrogens is 244 g/mol. The third kappa shape index (κ3) is 2.66. The van der Waals surface area contributed by atoms with E-state index in [1.54, 1.807) is 13.0 Å². The summed E-state index contributed by atoms with van der Waals surface area (Å²) < 4.78 is 5.82. The second-order valence-corrected chi connectivity index (χ2v) is 3.37. The molecule has 0 aliphatic rings. The van der Waals surface area contributed by atoms with E-state index in [1.165, 1.54) is 0 Å². The average molecular weight is 252 g/mol. The Hall–Kier alpha value is -2.78. The Bertz CT molecular complexity index is 588. The number of aromatic nitrogens is 4. The van der Waals surface area contributed by atoms with Crippen LogP contribution in [0.1, 0.15) is 5.76 Å². The Morgan fingerprint density at radius 2 is 2.44 bits per heavy atom. The minimum atomic E-state index is -0.741. The predicted molar refractivity (Wildman–Crippen MR) is 56.5 cm³/mol. The number of hydrogen-bond donors (Lipinski definition) is 1. The maximum atomic E-state index is 11.5. The van der Waals surface area contributed by atoms with Crippen LogP contribution in [0.2, 0.25) is 0 Å². The topological polar surface area (TPSA) is 129 Å². The van der Waals surface area contributed by atoms with Gasteiger partial charge in [0.1, 0.15) is 12.3 Å². The minimum Gasteiger partial charge on any atom is -0.390 e. The van der Waals surface area contributed by atoms with Crippen molar-refractivity contribution in [3.8, 4) is 0 Å². The van der Waals surface area contributed by atoms with Crippen molar-refractivity contribution < 1.29 is 14.2 Å². The van der Waals surface area contributed by atoms with Crippen molar-refractivity contribution in [3.05, 3.63) is 28.3 Å². The molecule has 2 aromatic rings. The first-order valence-electron chi connectivity index (χ1n) is 4.81. The highest BCUT2D eigenvalue weighted by atomic mass is 16.6. The highest BCUT2D eigenvalue weighted by molar-refractivity contribution is 5.89. The number of nitrogens with one attached hydrogen (secondary N) is 1. The van der Waals surface area contributed by atoms with E-state index in [9.17, 15) is 14.9 Å². The van der Waals surface area contributed by atoms with E-state index in [0.717, 1.165) is 11.0 Å². The molecule has 10 heteroatoms. The highest BCUT2D eigenvalue weighted by Gasteiger charge is 2.15. The number of nitro groups is 1. The third-order valence-corrected chi connectivity index (χ3v) is 1.89. The molecule has 0 bridgehead atoms. The van der Waals surface area contributed by atoms with Crippen molar-refractivity contribution in [2.45, 2.75) is 13.5 Å². The lowest BCUT2D eigenvalue weighted by atomic mass is 10.5. The monoisotopic (exact) mass is 252 g/mol. The summed E-state index contributed by atoms with van der Waals surface area (Å²) in [7, 11) is 0. The van der Waals surface area contributed by atoms with Crippen LogP contribution in [0.15, 0.2) is 16.9 Å². The maximum Gasteiger partial charge on any atom is 0.490 e. The molecule has 2 aromatic heterocycles. The molecule has 2 heterocycles. The van der Waals surface area contributed by atoms with Crippen LogP contribution in [0.3, 0.4) is 0 Å². The first-order valence-corrected chi connectivity index (χ1v) is 4.81. The minimum absolute atomic E-state index is 0.202. The molecule has 0 saturated carbocycles. The molecular formula is C8H8N6O4. The van der Waals surface area contributed by atoms with Crippen molar-refractivity contribution >= 4 is 17.7 Å². The number of nitrogens with zero attached hydrogens (tertiary/aromatic N) is 5. The number of aryl methyl sites for hydroxylation is 1. The second kappa shape index (κ2) is 4.61. The fourth-order valence-electron chi connectivity index (χ4n) is 1.20. The van der Waals surface area contributed by atoms with Gasteiger partial charge in [0.2, 0.25) is 12.2 Å². The molecule has 10 nitrogen and oxygen atoms in total. The van der Waals surface area contributed by atoms with Crippen LogP contribution in [-0.4, -0.2) is 30.8 Å². The first-order chi connectivity index (χ1) is 8.54. The Labute approximate surface area is 99.7 Å². The Morgan fingerprint density at radius 1 is 1.67 bits per heavy atom. The van der Waals surface area contributed by atoms with Gasteiger partial charge in [0.15, 0.2) is 5.82 Å². The van der Waals surface area contributed by atoms with Gasteiger partial charge < -0.3 is 20.0 Å². The summed E-state index contributed by atoms with van der Waals surface area (Å²) >= 11 is 0. The zero-order chi connectivity index (χ0) is 13.1. The lowest BCUT2D eigenvalue weighted by molar-refractivity contribution is -0.394. The molecule has 0 aromatic carbocycles. The van der Waals surface area contributed by atoms with Gasteiger partial charge in [-0.1, -0.05) is 10.1 Å². The van der Waals surface area contributed by atoms with E-state index in [0.29, 0.717) is 5.76 Å². The Morgan fingerprint density at radius 3 is 3.00 bits per heavy atom. The number of carbonyl (C=O) groups excluding carboxylic acids is 1. The van der Waals surface area contributed by atoms with Crippen LogP contribution in [0.4, 0.5) is 11.8 Å². The molecule has 0 fully saturated rings. The molecule has 1 amide bonds. The molecule has 0 aliphatic heterocycles. The predicted octanol–water partition coefficient (Wildman–Crippen LogP) is 0.121. The summed E-state index contributed by atoms with van der Waals surface area (Å²) in [5, 5.41) is 19.9. The van der Waals surface area contributed by atoms with E-state index in [1.807, 2.05) is 0 Å². The largest absolute Gasteiger partial charge is 0.490 e. The van der Waals surface area contributed by atoms with Crippen molar-refractivity contribution in [2.24, 2.45) is 0 Å². The van der Waals surface area contributed by atoms with E-state index in [-0.39, 0.29) is 12.4 Å². The van der Waals surface area contributed by atoms with Gasteiger partial charge in [-0.15, -0.1) is 0 Å². The highest BCUT2D eigenvalue weighted by Crippen LogP contribution is 2.07. The number of rotatable bonds is 4. The van der Waals surface area contributed by atoms with Gasteiger partial charge in [-0.25, -0.2) is 0 Å². The fraction of sp³-hybridized carbons (Fsp3) is 0.250. The molecule has 0 aliphatic carbocycles. The van der Waals surface area contributed by atoms with Gasteiger partial charge >= 0.3 is 5.95 Å². The molecule has 94 valence electrons. The van der Waals surface area contributed by atoms with E-state index < -0.39 is 16.8 Å². The number of anilines is 1. The fourth-order valence-corrected chi connectivity index (χ4v) is 1.20. The molecule has 0 radical (unpaired) electrons. The van der Waals surface area contributed by atoms with Crippen LogP contribution in [0, 0.1) is 17.0 Å². The zero-order valence-corrected chi connectivity index (χ0v) is 9.23. The van der Waals surface area contributed by atoms with Gasteiger partial charge in [-0.3, -0.25) is 4.79 Å². The summed E-state index contributed by atoms with van der Waals surface area (Å²) in [6, 6.07) is 1.54. The van der Waals surface area contributed by atoms with Crippen LogP contribution >= 0.6 is 0 Å². The third-order valence-electron chi connectivity index (χ3n) is 1.89. The van der Waals surface area contributed by atoms with Gasteiger partial charge in [-0.05, 0) is 11.8 Å². The maximum absolute atomic E-state index is 11.5. The lowest BCUT2D eigenvalue weighted by Crippen LogP contribution is -2.19. The molecule has 0 saturated heterocycles. The van der Waals surface area contributed by atoms with E-state index in [2.05, 4.69) is 20.6 Å². The molecule has 0 atom stereocenters. The molecule has 18 heavy (non-hydrogen) atoms. The standard InChI is InChI=1S/C8H8N6O4/c1-5-2-6(12-18-5)10-7(15)3-13-4-9-8(11-13)14(16)17/h2,4H,3H2,1H3,(H,10,12,15). The molecule has 0 spiro atoms. The Balaban J connectivity index is 1.96.